The van der Waals surface area contributed by atoms with Crippen molar-refractivity contribution in [1.82, 2.24) is 0 Å². The Kier molecular flexibility index (Phi) is 10.3. The number of methoxy groups -OCH3 is 1. The summed E-state index contributed by atoms with van der Waals surface area (Å²) in [5.41, 5.74) is 0.541. The van der Waals surface area contributed by atoms with E-state index in [0.717, 1.165) is 29.3 Å². The Morgan fingerprint density at radius 2 is 1.00 bits per heavy atom. The fraction of sp³-hybridized carbons (Fsp3) is 0.200. The monoisotopic (exact) mass is 626 g/mol. The molecule has 5 atom stereocenters. The van der Waals surface area contributed by atoms with E-state index in [2.05, 4.69) is 0 Å². The third-order valence-electron chi connectivity index (χ3n) is 6.96. The lowest BCUT2D eigenvalue weighted by molar-refractivity contribution is -0.211. The molecule has 1 aliphatic rings. The van der Waals surface area contributed by atoms with Crippen LogP contribution in [0.4, 0.5) is 0 Å². The summed E-state index contributed by atoms with van der Waals surface area (Å²) in [6.45, 7) is 1.94. The molecule has 0 spiro atoms. The molecular weight excluding hydrogens is 596 g/mol. The molecule has 1 saturated heterocycles. The average Bonchev–Trinajstić information content (AvgIpc) is 3.08. The Morgan fingerprint density at radius 1 is 0.578 bits per heavy atom. The van der Waals surface area contributed by atoms with Crippen LogP contribution in [0.2, 0.25) is 0 Å². The Balaban J connectivity index is 1.59. The number of hydrogen-bond donors (Lipinski definition) is 0. The van der Waals surface area contributed by atoms with Gasteiger partial charge in [-0.2, -0.15) is 0 Å². The zero-order valence-electron chi connectivity index (χ0n) is 24.4. The van der Waals surface area contributed by atoms with E-state index in [4.69, 9.17) is 23.7 Å². The molecule has 0 aromatic heterocycles. The third-order valence-corrected chi connectivity index (χ3v) is 8.12. The van der Waals surface area contributed by atoms with Gasteiger partial charge in [0.25, 0.3) is 0 Å². The normalized spacial score (nSPS) is 20.8. The van der Waals surface area contributed by atoms with E-state index < -0.39 is 53.7 Å². The number of ether oxygens (including phenoxy) is 5. The lowest BCUT2D eigenvalue weighted by atomic mass is 9.98. The van der Waals surface area contributed by atoms with Crippen LogP contribution in [0, 0.1) is 6.92 Å². The second kappa shape index (κ2) is 14.7. The van der Waals surface area contributed by atoms with E-state index in [1.807, 2.05) is 31.2 Å². The van der Waals surface area contributed by atoms with Crippen LogP contribution in [0.3, 0.4) is 0 Å². The Hall–Kier alpha value is -4.93. The third kappa shape index (κ3) is 7.78. The van der Waals surface area contributed by atoms with Crippen LogP contribution in [-0.2, 0) is 28.5 Å². The summed E-state index contributed by atoms with van der Waals surface area (Å²) in [6, 6.07) is 32.0. The number of carbonyl (C=O) groups is 4. The summed E-state index contributed by atoms with van der Waals surface area (Å²) in [5.74, 6) is -3.20. The lowest BCUT2D eigenvalue weighted by Crippen LogP contribution is -2.62. The van der Waals surface area contributed by atoms with Crippen molar-refractivity contribution in [3.8, 4) is 0 Å². The quantitative estimate of drug-likeness (QED) is 0.170. The summed E-state index contributed by atoms with van der Waals surface area (Å²) < 4.78 is 29.1. The molecule has 0 bridgehead atoms. The molecule has 1 fully saturated rings. The van der Waals surface area contributed by atoms with Gasteiger partial charge in [-0.1, -0.05) is 84.1 Å². The predicted molar refractivity (Wildman–Crippen MR) is 165 cm³/mol. The van der Waals surface area contributed by atoms with Gasteiger partial charge in [0.2, 0.25) is 0 Å². The van der Waals surface area contributed by atoms with Gasteiger partial charge >= 0.3 is 23.9 Å². The highest BCUT2D eigenvalue weighted by atomic mass is 32.2. The van der Waals surface area contributed by atoms with Crippen molar-refractivity contribution in [2.45, 2.75) is 41.7 Å². The van der Waals surface area contributed by atoms with Gasteiger partial charge in [-0.15, -0.1) is 0 Å². The highest BCUT2D eigenvalue weighted by molar-refractivity contribution is 7.99. The minimum absolute atomic E-state index is 0.184. The maximum atomic E-state index is 13.5. The molecular formula is C35H30O9S. The zero-order valence-corrected chi connectivity index (χ0v) is 25.3. The molecule has 10 heteroatoms. The summed E-state index contributed by atoms with van der Waals surface area (Å²) in [5, 5.41) is 0. The SMILES string of the molecule is COC(=O)[C@H]1O[C@@H](Sc2ccc(C)cc2)[C@H](OC(=O)c2ccccc2)[C@@H](OC(=O)c2ccccc2)[C@@H]1OC(=O)c1ccccc1. The molecule has 0 saturated carbocycles. The minimum Gasteiger partial charge on any atom is -0.467 e. The van der Waals surface area contributed by atoms with E-state index >= 15 is 0 Å². The van der Waals surface area contributed by atoms with Crippen molar-refractivity contribution in [1.29, 1.82) is 0 Å². The van der Waals surface area contributed by atoms with Gasteiger partial charge in [0, 0.05) is 4.90 Å². The highest BCUT2D eigenvalue weighted by Crippen LogP contribution is 2.38. The first kappa shape index (κ1) is 31.5. The molecule has 9 nitrogen and oxygen atoms in total. The molecule has 0 radical (unpaired) electrons. The molecule has 0 amide bonds. The highest BCUT2D eigenvalue weighted by Gasteiger charge is 2.55. The van der Waals surface area contributed by atoms with Gasteiger partial charge in [-0.3, -0.25) is 0 Å². The van der Waals surface area contributed by atoms with Gasteiger partial charge in [0.05, 0.1) is 23.8 Å². The van der Waals surface area contributed by atoms with E-state index in [0.29, 0.717) is 0 Å². The second-order valence-electron chi connectivity index (χ2n) is 10.1. The average molecular weight is 627 g/mol. The molecule has 0 unspecified atom stereocenters. The number of benzene rings is 4. The van der Waals surface area contributed by atoms with Gasteiger partial charge in [-0.05, 0) is 55.5 Å². The van der Waals surface area contributed by atoms with E-state index in [9.17, 15) is 19.2 Å². The largest absolute Gasteiger partial charge is 0.467 e. The number of thioether (sulfide) groups is 1. The van der Waals surface area contributed by atoms with Crippen molar-refractivity contribution >= 4 is 35.6 Å². The fourth-order valence-corrected chi connectivity index (χ4v) is 5.73. The van der Waals surface area contributed by atoms with Crippen molar-refractivity contribution in [2.75, 3.05) is 7.11 Å². The first-order chi connectivity index (χ1) is 21.8. The zero-order chi connectivity index (χ0) is 31.8. The molecule has 4 aromatic carbocycles. The van der Waals surface area contributed by atoms with Crippen LogP contribution in [0.25, 0.3) is 0 Å². The molecule has 1 aliphatic heterocycles. The fourth-order valence-electron chi connectivity index (χ4n) is 4.65. The number of esters is 4. The molecule has 5 rings (SSSR count). The van der Waals surface area contributed by atoms with E-state index in [1.54, 1.807) is 78.9 Å². The van der Waals surface area contributed by atoms with Crippen LogP contribution >= 0.6 is 11.8 Å². The van der Waals surface area contributed by atoms with Crippen LogP contribution in [-0.4, -0.2) is 60.8 Å². The standard InChI is InChI=1S/C35H30O9S/c1-22-18-20-26(21-19-22)45-35-30(43-33(38)25-16-10-5-11-17-25)28(42-32(37)24-14-8-4-9-15-24)27(29(44-35)34(39)40-2)41-31(36)23-12-6-3-7-13-23/h3-21,27-30,35H,1-2H3/t27-,28-,29-,30+,35-/m0/s1. The number of rotatable bonds is 9. The molecule has 0 aliphatic carbocycles. The second-order valence-corrected chi connectivity index (χ2v) is 11.3. The summed E-state index contributed by atoms with van der Waals surface area (Å²) in [4.78, 5) is 54.2. The first-order valence-electron chi connectivity index (χ1n) is 14.1. The van der Waals surface area contributed by atoms with Crippen molar-refractivity contribution < 1.29 is 42.9 Å². The van der Waals surface area contributed by atoms with Crippen molar-refractivity contribution in [3.63, 3.8) is 0 Å². The Labute approximate surface area is 264 Å². The van der Waals surface area contributed by atoms with Crippen LogP contribution in [0.5, 0.6) is 0 Å². The smallest absolute Gasteiger partial charge is 0.339 e. The van der Waals surface area contributed by atoms with Crippen molar-refractivity contribution in [2.24, 2.45) is 0 Å². The van der Waals surface area contributed by atoms with Crippen molar-refractivity contribution in [3.05, 3.63) is 138 Å². The summed E-state index contributed by atoms with van der Waals surface area (Å²) >= 11 is 1.16. The van der Waals surface area contributed by atoms with Gasteiger partial charge < -0.3 is 23.7 Å². The van der Waals surface area contributed by atoms with Crippen LogP contribution in [0.15, 0.2) is 120 Å². The molecule has 0 N–H and O–H groups in total. The Morgan fingerprint density at radius 3 is 1.44 bits per heavy atom. The van der Waals surface area contributed by atoms with Gasteiger partial charge in [-0.25, -0.2) is 19.2 Å². The maximum Gasteiger partial charge on any atom is 0.339 e. The summed E-state index contributed by atoms with van der Waals surface area (Å²) in [7, 11) is 1.16. The Bertz CT molecular complexity index is 1610. The number of aryl methyl sites for hydroxylation is 1. The van der Waals surface area contributed by atoms with Gasteiger partial charge in [0.15, 0.2) is 24.4 Å². The van der Waals surface area contributed by atoms with E-state index in [-0.39, 0.29) is 16.7 Å². The predicted octanol–water partition coefficient (Wildman–Crippen LogP) is 5.66. The molecule has 4 aromatic rings. The lowest BCUT2D eigenvalue weighted by Gasteiger charge is -2.43. The molecule has 45 heavy (non-hydrogen) atoms. The molecule has 230 valence electrons. The number of hydrogen-bond acceptors (Lipinski definition) is 10. The van der Waals surface area contributed by atoms with Gasteiger partial charge in [0.1, 0.15) is 5.44 Å². The van der Waals surface area contributed by atoms with Crippen LogP contribution in [0.1, 0.15) is 36.6 Å². The van der Waals surface area contributed by atoms with Crippen LogP contribution < -0.4 is 0 Å². The summed E-state index contributed by atoms with van der Waals surface area (Å²) in [6.07, 6.45) is -5.92. The number of carbonyl (C=O) groups excluding carboxylic acids is 4. The van der Waals surface area contributed by atoms with E-state index in [1.165, 1.54) is 12.1 Å². The topological polar surface area (TPSA) is 114 Å². The maximum absolute atomic E-state index is 13.5. The first-order valence-corrected chi connectivity index (χ1v) is 15.0. The molecule has 1 heterocycles. The minimum atomic E-state index is -1.55.